The van der Waals surface area contributed by atoms with Gasteiger partial charge in [0.25, 0.3) is 0 Å². The van der Waals surface area contributed by atoms with Crippen molar-refractivity contribution in [2.24, 2.45) is 5.41 Å². The standard InChI is InChI=1S/C28H28F3N7O3/c1-26(2,25(40)41)14-15-7-9-16(10-8-15)27(3)18-20(32)34-22(35-21(18)36-24(27)39)19-17-6-4-12-33-23(17)38(37-19)13-5-11-28(29,30)31/h4,6-10,12H,5,11,13-14H2,1-3H3,(H,40,41)(H3,32,34,35,36,39)/t27-/m1/s1. The number of alkyl halides is 3. The van der Waals surface area contributed by atoms with E-state index >= 15 is 0 Å². The van der Waals surface area contributed by atoms with Gasteiger partial charge >= 0.3 is 12.1 Å². The Labute approximate surface area is 232 Å². The van der Waals surface area contributed by atoms with Crippen LogP contribution in [0.3, 0.4) is 0 Å². The van der Waals surface area contributed by atoms with Gasteiger partial charge in [-0.15, -0.1) is 0 Å². The molecule has 214 valence electrons. The molecule has 0 aliphatic carbocycles. The Hall–Kier alpha value is -4.55. The zero-order chi connectivity index (χ0) is 29.7. The van der Waals surface area contributed by atoms with Crippen LogP contribution in [-0.2, 0) is 28.0 Å². The topological polar surface area (TPSA) is 149 Å². The number of carbonyl (C=O) groups is 2. The molecule has 13 heteroatoms. The first-order chi connectivity index (χ1) is 19.2. The first-order valence-electron chi connectivity index (χ1n) is 12.9. The van der Waals surface area contributed by atoms with Gasteiger partial charge in [0.1, 0.15) is 22.7 Å². The summed E-state index contributed by atoms with van der Waals surface area (Å²) in [7, 11) is 0. The number of nitrogens with zero attached hydrogens (tertiary/aromatic N) is 5. The van der Waals surface area contributed by atoms with Gasteiger partial charge in [0.05, 0.1) is 16.4 Å². The maximum atomic E-state index is 13.3. The van der Waals surface area contributed by atoms with E-state index < -0.39 is 29.4 Å². The lowest BCUT2D eigenvalue weighted by Crippen LogP contribution is -2.33. The van der Waals surface area contributed by atoms with Crippen molar-refractivity contribution < 1.29 is 27.9 Å². The van der Waals surface area contributed by atoms with Gasteiger partial charge in [-0.3, -0.25) is 9.59 Å². The molecule has 0 saturated carbocycles. The molecule has 1 aliphatic heterocycles. The predicted octanol–water partition coefficient (Wildman–Crippen LogP) is 4.72. The number of rotatable bonds is 8. The lowest BCUT2D eigenvalue weighted by Gasteiger charge is -2.24. The molecule has 1 aliphatic rings. The minimum absolute atomic E-state index is 0.0120. The van der Waals surface area contributed by atoms with Crippen LogP contribution in [0.25, 0.3) is 22.6 Å². The molecule has 10 nitrogen and oxygen atoms in total. The van der Waals surface area contributed by atoms with Gasteiger partial charge in [-0.2, -0.15) is 18.3 Å². The molecule has 5 rings (SSSR count). The minimum atomic E-state index is -4.28. The molecular formula is C28H28F3N7O3. The molecule has 0 fully saturated rings. The molecule has 4 N–H and O–H groups in total. The second-order valence-electron chi connectivity index (χ2n) is 11.0. The lowest BCUT2D eigenvalue weighted by molar-refractivity contribution is -0.146. The van der Waals surface area contributed by atoms with Crippen LogP contribution >= 0.6 is 0 Å². The van der Waals surface area contributed by atoms with Crippen LogP contribution in [0, 0.1) is 5.41 Å². The third-order valence-electron chi connectivity index (χ3n) is 7.43. The van der Waals surface area contributed by atoms with Gasteiger partial charge in [-0.1, -0.05) is 24.3 Å². The molecule has 0 unspecified atom stereocenters. The van der Waals surface area contributed by atoms with Crippen LogP contribution in [0.15, 0.2) is 42.6 Å². The van der Waals surface area contributed by atoms with E-state index in [0.29, 0.717) is 28.6 Å². The molecule has 41 heavy (non-hydrogen) atoms. The Bertz CT molecular complexity index is 1670. The van der Waals surface area contributed by atoms with Crippen LogP contribution in [0.5, 0.6) is 0 Å². The summed E-state index contributed by atoms with van der Waals surface area (Å²) >= 11 is 0. The van der Waals surface area contributed by atoms with Crippen LogP contribution in [0.2, 0.25) is 0 Å². The number of aryl methyl sites for hydroxylation is 1. The number of aromatic nitrogens is 5. The molecular weight excluding hydrogens is 539 g/mol. The van der Waals surface area contributed by atoms with E-state index in [4.69, 9.17) is 5.73 Å². The number of hydrogen-bond donors (Lipinski definition) is 3. The van der Waals surface area contributed by atoms with Gasteiger partial charge in [0.15, 0.2) is 11.5 Å². The number of fused-ring (bicyclic) bond motifs is 2. The van der Waals surface area contributed by atoms with E-state index in [1.807, 2.05) is 0 Å². The molecule has 1 amide bonds. The molecule has 4 aromatic rings. The number of pyridine rings is 1. The number of nitrogens with two attached hydrogens (primary N) is 1. The summed E-state index contributed by atoms with van der Waals surface area (Å²) < 4.78 is 39.5. The van der Waals surface area contributed by atoms with Crippen molar-refractivity contribution >= 4 is 34.5 Å². The van der Waals surface area contributed by atoms with E-state index in [1.54, 1.807) is 57.2 Å². The number of nitrogen functional groups attached to an aromatic ring is 1. The number of anilines is 2. The van der Waals surface area contributed by atoms with E-state index in [2.05, 4.69) is 25.4 Å². The lowest BCUT2D eigenvalue weighted by atomic mass is 9.77. The summed E-state index contributed by atoms with van der Waals surface area (Å²) in [5, 5.41) is 17.2. The third kappa shape index (κ3) is 5.07. The number of nitrogens with one attached hydrogen (secondary N) is 1. The quantitative estimate of drug-likeness (QED) is 0.277. The number of halogens is 3. The summed E-state index contributed by atoms with van der Waals surface area (Å²) in [5.41, 5.74) is 6.72. The van der Waals surface area contributed by atoms with Crippen molar-refractivity contribution in [2.75, 3.05) is 11.1 Å². The smallest absolute Gasteiger partial charge is 0.389 e. The fourth-order valence-corrected chi connectivity index (χ4v) is 5.09. The van der Waals surface area contributed by atoms with E-state index in [-0.39, 0.29) is 42.0 Å². The van der Waals surface area contributed by atoms with Crippen molar-refractivity contribution in [3.8, 4) is 11.5 Å². The largest absolute Gasteiger partial charge is 0.481 e. The molecule has 0 saturated heterocycles. The van der Waals surface area contributed by atoms with Gasteiger partial charge in [0.2, 0.25) is 5.91 Å². The Balaban J connectivity index is 1.50. The zero-order valence-corrected chi connectivity index (χ0v) is 22.6. The van der Waals surface area contributed by atoms with Crippen molar-refractivity contribution in [3.63, 3.8) is 0 Å². The summed E-state index contributed by atoms with van der Waals surface area (Å²) in [6.45, 7) is 4.98. The van der Waals surface area contributed by atoms with Crippen LogP contribution in [-0.4, -0.2) is 47.9 Å². The third-order valence-corrected chi connectivity index (χ3v) is 7.43. The Kier molecular flexibility index (Phi) is 6.71. The first kappa shape index (κ1) is 28.0. The predicted molar refractivity (Wildman–Crippen MR) is 145 cm³/mol. The molecule has 3 aromatic heterocycles. The molecule has 0 radical (unpaired) electrons. The first-order valence-corrected chi connectivity index (χ1v) is 12.9. The normalized spacial score (nSPS) is 17.1. The van der Waals surface area contributed by atoms with E-state index in [0.717, 1.165) is 5.56 Å². The molecule has 4 heterocycles. The van der Waals surface area contributed by atoms with E-state index in [9.17, 15) is 27.9 Å². The van der Waals surface area contributed by atoms with Gasteiger partial charge < -0.3 is 16.2 Å². The SMILES string of the molecule is CC(C)(Cc1ccc([C@@]2(C)C(=O)Nc3nc(-c4nn(CCCC(F)(F)F)c5ncccc45)nc(N)c32)cc1)C(=O)O. The highest BCUT2D eigenvalue weighted by atomic mass is 19.4. The van der Waals surface area contributed by atoms with Gasteiger partial charge in [-0.05, 0) is 56.9 Å². The highest BCUT2D eigenvalue weighted by Gasteiger charge is 2.47. The van der Waals surface area contributed by atoms with Crippen molar-refractivity contribution in [1.29, 1.82) is 0 Å². The van der Waals surface area contributed by atoms with Crippen molar-refractivity contribution in [2.45, 2.75) is 58.2 Å². The number of aliphatic carboxylic acids is 1. The number of carbonyl (C=O) groups excluding carboxylic acids is 1. The zero-order valence-electron chi connectivity index (χ0n) is 22.6. The Morgan fingerprint density at radius 2 is 1.85 bits per heavy atom. The van der Waals surface area contributed by atoms with E-state index in [1.165, 1.54) is 10.9 Å². The van der Waals surface area contributed by atoms with Crippen LogP contribution in [0.4, 0.5) is 24.8 Å². The number of amides is 1. The van der Waals surface area contributed by atoms with Crippen molar-refractivity contribution in [1.82, 2.24) is 24.7 Å². The maximum absolute atomic E-state index is 13.3. The average Bonchev–Trinajstić information content (AvgIpc) is 3.38. The number of hydrogen-bond acceptors (Lipinski definition) is 7. The maximum Gasteiger partial charge on any atom is 0.389 e. The van der Waals surface area contributed by atoms with Crippen LogP contribution in [0.1, 0.15) is 50.3 Å². The molecule has 1 aromatic carbocycles. The van der Waals surface area contributed by atoms with Gasteiger partial charge in [0, 0.05) is 19.2 Å². The highest BCUT2D eigenvalue weighted by molar-refractivity contribution is 6.09. The fraction of sp³-hybridized carbons (Fsp3) is 0.357. The second kappa shape index (κ2) is 9.82. The average molecular weight is 568 g/mol. The molecule has 0 bridgehead atoms. The number of carboxylic acid groups (broad SMARTS) is 1. The molecule has 1 atom stereocenters. The Morgan fingerprint density at radius 3 is 2.51 bits per heavy atom. The summed E-state index contributed by atoms with van der Waals surface area (Å²) in [6.07, 6.45) is -3.59. The molecule has 0 spiro atoms. The number of benzene rings is 1. The number of carboxylic acids is 1. The van der Waals surface area contributed by atoms with Crippen molar-refractivity contribution in [3.05, 3.63) is 59.3 Å². The second-order valence-corrected chi connectivity index (χ2v) is 11.0. The summed E-state index contributed by atoms with van der Waals surface area (Å²) in [6, 6.07) is 10.5. The highest BCUT2D eigenvalue weighted by Crippen LogP contribution is 2.45. The monoisotopic (exact) mass is 567 g/mol. The summed E-state index contributed by atoms with van der Waals surface area (Å²) in [4.78, 5) is 38.2. The van der Waals surface area contributed by atoms with Gasteiger partial charge in [-0.25, -0.2) is 19.6 Å². The fourth-order valence-electron chi connectivity index (χ4n) is 5.09. The minimum Gasteiger partial charge on any atom is -0.481 e. The summed E-state index contributed by atoms with van der Waals surface area (Å²) in [5.74, 6) is -0.920. The Morgan fingerprint density at radius 1 is 1.15 bits per heavy atom. The van der Waals surface area contributed by atoms with Crippen LogP contribution < -0.4 is 11.1 Å².